The number of carbonyl (C=O) groups is 2. The molecule has 1 aromatic heterocycles. The van der Waals surface area contributed by atoms with E-state index in [0.29, 0.717) is 31.7 Å². The zero-order chi connectivity index (χ0) is 24.4. The second-order valence-electron chi connectivity index (χ2n) is 9.58. The summed E-state index contributed by atoms with van der Waals surface area (Å²) in [5, 5.41) is 0. The molecule has 5 rings (SSSR count). The highest BCUT2D eigenvalue weighted by Gasteiger charge is 2.32. The van der Waals surface area contributed by atoms with Crippen molar-refractivity contribution in [3.05, 3.63) is 83.3 Å². The molecule has 0 bridgehead atoms. The van der Waals surface area contributed by atoms with E-state index in [1.807, 2.05) is 52.3 Å². The fourth-order valence-electron chi connectivity index (χ4n) is 4.87. The smallest absolute Gasteiger partial charge is 0.254 e. The van der Waals surface area contributed by atoms with Crippen LogP contribution < -0.4 is 0 Å². The Morgan fingerprint density at radius 3 is 2.43 bits per heavy atom. The first kappa shape index (κ1) is 23.2. The maximum atomic E-state index is 13.3. The van der Waals surface area contributed by atoms with Gasteiger partial charge in [-0.05, 0) is 61.6 Å². The second kappa shape index (κ2) is 9.58. The minimum atomic E-state index is -0.142. The quantitative estimate of drug-likeness (QED) is 0.577. The second-order valence-corrected chi connectivity index (χ2v) is 9.58. The van der Waals surface area contributed by atoms with Crippen molar-refractivity contribution in [3.63, 3.8) is 0 Å². The van der Waals surface area contributed by atoms with Gasteiger partial charge in [-0.25, -0.2) is 0 Å². The first-order valence-electron chi connectivity index (χ1n) is 12.1. The Morgan fingerprint density at radius 1 is 0.914 bits per heavy atom. The Morgan fingerprint density at radius 2 is 1.69 bits per heavy atom. The number of nitrogens with zero attached hydrogens (tertiary/aromatic N) is 4. The van der Waals surface area contributed by atoms with E-state index < -0.39 is 0 Å². The number of hydrogen-bond acceptors (Lipinski definition) is 5. The van der Waals surface area contributed by atoms with Gasteiger partial charge in [-0.15, -0.1) is 0 Å². The van der Waals surface area contributed by atoms with Gasteiger partial charge in [0.1, 0.15) is 0 Å². The SMILES string of the molecule is COC1(C)CCN(C(=O)c2ccc3c(c2)CCN(C(=O)c2cccc(-c4cnccn4)c2)C3)CC1. The summed E-state index contributed by atoms with van der Waals surface area (Å²) in [7, 11) is 1.74. The molecule has 0 N–H and O–H groups in total. The van der Waals surface area contributed by atoms with Crippen molar-refractivity contribution in [3.8, 4) is 11.3 Å². The fraction of sp³-hybridized carbons (Fsp3) is 0.357. The van der Waals surface area contributed by atoms with Crippen LogP contribution >= 0.6 is 0 Å². The van der Waals surface area contributed by atoms with Gasteiger partial charge in [-0.1, -0.05) is 18.2 Å². The summed E-state index contributed by atoms with van der Waals surface area (Å²) >= 11 is 0. The van der Waals surface area contributed by atoms with Gasteiger partial charge >= 0.3 is 0 Å². The number of rotatable bonds is 4. The molecule has 3 heterocycles. The molecule has 1 saturated heterocycles. The van der Waals surface area contributed by atoms with Gasteiger partial charge in [0.25, 0.3) is 11.8 Å². The minimum absolute atomic E-state index is 0.00366. The first-order chi connectivity index (χ1) is 17.0. The third kappa shape index (κ3) is 4.82. The van der Waals surface area contributed by atoms with Gasteiger partial charge in [-0.2, -0.15) is 0 Å². The molecule has 0 radical (unpaired) electrons. The summed E-state index contributed by atoms with van der Waals surface area (Å²) < 4.78 is 5.60. The van der Waals surface area contributed by atoms with Gasteiger partial charge < -0.3 is 14.5 Å². The summed E-state index contributed by atoms with van der Waals surface area (Å²) in [6.07, 6.45) is 7.39. The molecule has 7 nitrogen and oxygen atoms in total. The molecular formula is C28H30N4O3. The monoisotopic (exact) mass is 470 g/mol. The molecular weight excluding hydrogens is 440 g/mol. The van der Waals surface area contributed by atoms with E-state index in [9.17, 15) is 9.59 Å². The molecule has 2 aliphatic heterocycles. The molecule has 0 atom stereocenters. The van der Waals surface area contributed by atoms with Gasteiger partial charge in [0.15, 0.2) is 0 Å². The molecule has 2 amide bonds. The normalized spacial score (nSPS) is 17.1. The molecule has 0 saturated carbocycles. The summed E-state index contributed by atoms with van der Waals surface area (Å²) in [5.41, 5.74) is 5.06. The van der Waals surface area contributed by atoms with E-state index in [0.717, 1.165) is 47.2 Å². The molecule has 0 unspecified atom stereocenters. The van der Waals surface area contributed by atoms with Crippen LogP contribution in [-0.4, -0.2) is 63.9 Å². The lowest BCUT2D eigenvalue weighted by Crippen LogP contribution is -2.46. The summed E-state index contributed by atoms with van der Waals surface area (Å²) in [6.45, 7) is 4.67. The zero-order valence-corrected chi connectivity index (χ0v) is 20.2. The molecule has 3 aromatic rings. The molecule has 7 heteroatoms. The number of hydrogen-bond donors (Lipinski definition) is 0. The Balaban J connectivity index is 1.27. The van der Waals surface area contributed by atoms with Crippen LogP contribution in [0.1, 0.15) is 51.6 Å². The van der Waals surface area contributed by atoms with Crippen LogP contribution in [-0.2, 0) is 17.7 Å². The van der Waals surface area contributed by atoms with Crippen molar-refractivity contribution < 1.29 is 14.3 Å². The number of likely N-dealkylation sites (tertiary alicyclic amines) is 1. The Kier molecular flexibility index (Phi) is 6.34. The van der Waals surface area contributed by atoms with E-state index in [4.69, 9.17) is 4.74 Å². The molecule has 2 aliphatic rings. The molecule has 1 fully saturated rings. The fourth-order valence-corrected chi connectivity index (χ4v) is 4.87. The highest BCUT2D eigenvalue weighted by atomic mass is 16.5. The highest BCUT2D eigenvalue weighted by molar-refractivity contribution is 5.96. The average Bonchev–Trinajstić information content (AvgIpc) is 2.92. The van der Waals surface area contributed by atoms with Gasteiger partial charge in [0.05, 0.1) is 17.5 Å². The van der Waals surface area contributed by atoms with Crippen molar-refractivity contribution >= 4 is 11.8 Å². The van der Waals surface area contributed by atoms with Crippen molar-refractivity contribution in [2.24, 2.45) is 0 Å². The van der Waals surface area contributed by atoms with Crippen LogP contribution in [0.3, 0.4) is 0 Å². The topological polar surface area (TPSA) is 75.6 Å². The Hall–Kier alpha value is -3.58. The van der Waals surface area contributed by atoms with E-state index in [1.54, 1.807) is 25.7 Å². The standard InChI is InChI=1S/C28H30N4O3/c1-28(35-2)9-14-31(15-10-28)26(33)23-6-7-24-19-32(13-8-20(24)16-23)27(34)22-5-3-4-21(17-22)25-18-29-11-12-30-25/h3-7,11-12,16-18H,8-10,13-15,19H2,1-2H3. The molecule has 35 heavy (non-hydrogen) atoms. The van der Waals surface area contributed by atoms with E-state index in [1.165, 1.54) is 0 Å². The number of methoxy groups -OCH3 is 1. The lowest BCUT2D eigenvalue weighted by Gasteiger charge is -2.38. The van der Waals surface area contributed by atoms with Crippen LogP contribution in [0.25, 0.3) is 11.3 Å². The van der Waals surface area contributed by atoms with E-state index in [-0.39, 0.29) is 17.4 Å². The number of benzene rings is 2. The van der Waals surface area contributed by atoms with Gasteiger partial charge in [-0.3, -0.25) is 19.6 Å². The maximum Gasteiger partial charge on any atom is 0.254 e. The number of ether oxygens (including phenoxy) is 1. The molecule has 2 aromatic carbocycles. The van der Waals surface area contributed by atoms with Crippen molar-refractivity contribution in [1.29, 1.82) is 0 Å². The van der Waals surface area contributed by atoms with Crippen LogP contribution in [0, 0.1) is 0 Å². The highest BCUT2D eigenvalue weighted by Crippen LogP contribution is 2.28. The Bertz CT molecular complexity index is 1240. The van der Waals surface area contributed by atoms with Crippen LogP contribution in [0.2, 0.25) is 0 Å². The lowest BCUT2D eigenvalue weighted by atomic mass is 9.92. The molecule has 0 spiro atoms. The van der Waals surface area contributed by atoms with Crippen LogP contribution in [0.5, 0.6) is 0 Å². The van der Waals surface area contributed by atoms with Crippen LogP contribution in [0.15, 0.2) is 61.1 Å². The molecule has 180 valence electrons. The third-order valence-electron chi connectivity index (χ3n) is 7.32. The van der Waals surface area contributed by atoms with Gasteiger partial charge in [0, 0.05) is 62.4 Å². The first-order valence-corrected chi connectivity index (χ1v) is 12.1. The summed E-state index contributed by atoms with van der Waals surface area (Å²) in [5.74, 6) is 0.0707. The van der Waals surface area contributed by atoms with Crippen molar-refractivity contribution in [2.45, 2.75) is 38.3 Å². The predicted molar refractivity (Wildman–Crippen MR) is 133 cm³/mol. The number of aromatic nitrogens is 2. The number of amides is 2. The van der Waals surface area contributed by atoms with Gasteiger partial charge in [0.2, 0.25) is 0 Å². The average molecular weight is 471 g/mol. The minimum Gasteiger partial charge on any atom is -0.378 e. The Labute approximate surface area is 205 Å². The van der Waals surface area contributed by atoms with E-state index in [2.05, 4.69) is 16.9 Å². The molecule has 0 aliphatic carbocycles. The summed E-state index contributed by atoms with van der Waals surface area (Å²) in [4.78, 5) is 38.6. The predicted octanol–water partition coefficient (Wildman–Crippen LogP) is 3.98. The van der Waals surface area contributed by atoms with Crippen LogP contribution in [0.4, 0.5) is 0 Å². The van der Waals surface area contributed by atoms with Crippen molar-refractivity contribution in [2.75, 3.05) is 26.7 Å². The maximum absolute atomic E-state index is 13.3. The number of carbonyl (C=O) groups excluding carboxylic acids is 2. The van der Waals surface area contributed by atoms with Crippen molar-refractivity contribution in [1.82, 2.24) is 19.8 Å². The largest absolute Gasteiger partial charge is 0.378 e. The third-order valence-corrected chi connectivity index (χ3v) is 7.32. The number of fused-ring (bicyclic) bond motifs is 1. The number of piperidine rings is 1. The summed E-state index contributed by atoms with van der Waals surface area (Å²) in [6, 6.07) is 13.4. The van der Waals surface area contributed by atoms with E-state index >= 15 is 0 Å². The lowest BCUT2D eigenvalue weighted by molar-refractivity contribution is -0.0379. The zero-order valence-electron chi connectivity index (χ0n) is 20.2.